The van der Waals surface area contributed by atoms with Gasteiger partial charge in [0.25, 0.3) is 11.8 Å². The number of rotatable bonds is 6. The van der Waals surface area contributed by atoms with Crippen LogP contribution in [0.1, 0.15) is 57.8 Å². The van der Waals surface area contributed by atoms with Gasteiger partial charge < -0.3 is 15.8 Å². The molecule has 4 N–H and O–H groups in total. The lowest BCUT2D eigenvalue weighted by Gasteiger charge is -2.14. The van der Waals surface area contributed by atoms with Crippen molar-refractivity contribution in [3.05, 3.63) is 45.8 Å². The number of carbonyl (C=O) groups excluding carboxylic acids is 2. The number of para-hydroxylation sites is 1. The second-order valence-corrected chi connectivity index (χ2v) is 8.90. The summed E-state index contributed by atoms with van der Waals surface area (Å²) in [5.74, 6) is -0.00545. The molecule has 0 unspecified atom stereocenters. The van der Waals surface area contributed by atoms with Gasteiger partial charge in [0.1, 0.15) is 10.8 Å². The van der Waals surface area contributed by atoms with E-state index < -0.39 is 5.91 Å². The predicted octanol–water partition coefficient (Wildman–Crippen LogP) is 3.89. The number of primary amides is 1. The van der Waals surface area contributed by atoms with E-state index in [9.17, 15) is 9.59 Å². The summed E-state index contributed by atoms with van der Waals surface area (Å²) in [6.07, 6.45) is 3.91. The third-order valence-corrected chi connectivity index (χ3v) is 5.99. The van der Waals surface area contributed by atoms with Crippen LogP contribution in [0.25, 0.3) is 0 Å². The molecule has 0 radical (unpaired) electrons. The highest BCUT2D eigenvalue weighted by atomic mass is 32.1. The van der Waals surface area contributed by atoms with E-state index in [0.717, 1.165) is 36.1 Å². The molecular formula is C21H25N3O3S2. The molecule has 6 nitrogen and oxygen atoms in total. The molecule has 29 heavy (non-hydrogen) atoms. The highest BCUT2D eigenvalue weighted by Crippen LogP contribution is 2.37. The maximum absolute atomic E-state index is 12.7. The second-order valence-electron chi connectivity index (χ2n) is 7.39. The summed E-state index contributed by atoms with van der Waals surface area (Å²) in [5, 5.41) is 6.39. The number of thiophene rings is 1. The smallest absolute Gasteiger partial charge is 0.261 e. The number of hydrogen-bond acceptors (Lipinski definition) is 5. The fraction of sp³-hybridized carbons (Fsp3) is 0.381. The minimum absolute atomic E-state index is 0.120. The number of aryl methyl sites for hydroxylation is 1. The Morgan fingerprint density at radius 3 is 2.69 bits per heavy atom. The predicted molar refractivity (Wildman–Crippen MR) is 120 cm³/mol. The lowest BCUT2D eigenvalue weighted by Crippen LogP contribution is -2.34. The zero-order valence-corrected chi connectivity index (χ0v) is 18.2. The number of nitrogens with two attached hydrogens (primary N) is 1. The van der Waals surface area contributed by atoms with Gasteiger partial charge in [-0.15, -0.1) is 11.3 Å². The number of nitrogens with one attached hydrogen (secondary N) is 2. The van der Waals surface area contributed by atoms with Gasteiger partial charge in [-0.25, -0.2) is 0 Å². The van der Waals surface area contributed by atoms with E-state index in [1.165, 1.54) is 11.3 Å². The average Bonchev–Trinajstić information content (AvgIpc) is 3.04. The quantitative estimate of drug-likeness (QED) is 0.604. The third kappa shape index (κ3) is 5.13. The van der Waals surface area contributed by atoms with Crippen molar-refractivity contribution >= 4 is 45.5 Å². The SMILES string of the molecule is CC(C)COc1ccccc1C(=O)NC(=S)Nc1sc2c(c1C(N)=O)CCCC2. The summed E-state index contributed by atoms with van der Waals surface area (Å²) < 4.78 is 5.74. The summed E-state index contributed by atoms with van der Waals surface area (Å²) in [7, 11) is 0. The summed E-state index contributed by atoms with van der Waals surface area (Å²) in [5.41, 5.74) is 7.51. The molecule has 0 atom stereocenters. The van der Waals surface area contributed by atoms with Crippen LogP contribution in [0.2, 0.25) is 0 Å². The van der Waals surface area contributed by atoms with Crippen LogP contribution in [-0.4, -0.2) is 23.5 Å². The van der Waals surface area contributed by atoms with Crippen LogP contribution in [0.15, 0.2) is 24.3 Å². The van der Waals surface area contributed by atoms with Crippen LogP contribution in [0.5, 0.6) is 5.75 Å². The first-order valence-electron chi connectivity index (χ1n) is 9.65. The van der Waals surface area contributed by atoms with Gasteiger partial charge in [-0.3, -0.25) is 14.9 Å². The summed E-state index contributed by atoms with van der Waals surface area (Å²) >= 11 is 6.80. The summed E-state index contributed by atoms with van der Waals surface area (Å²) in [4.78, 5) is 25.9. The monoisotopic (exact) mass is 431 g/mol. The van der Waals surface area contributed by atoms with Crippen LogP contribution >= 0.6 is 23.6 Å². The fourth-order valence-electron chi connectivity index (χ4n) is 3.26. The van der Waals surface area contributed by atoms with E-state index in [0.29, 0.717) is 34.4 Å². The molecule has 3 rings (SSSR count). The van der Waals surface area contributed by atoms with Gasteiger partial charge in [0.05, 0.1) is 17.7 Å². The summed E-state index contributed by atoms with van der Waals surface area (Å²) in [6, 6.07) is 7.03. The zero-order chi connectivity index (χ0) is 21.0. The average molecular weight is 432 g/mol. The molecule has 0 saturated heterocycles. The standard InChI is InChI=1S/C21H25N3O3S2/c1-12(2)11-27-15-9-5-3-7-13(15)19(26)23-21(28)24-20-17(18(22)25)14-8-4-6-10-16(14)29-20/h3,5,7,9,12H,4,6,8,10-11H2,1-2H3,(H2,22,25)(H2,23,24,26,28). The lowest BCUT2D eigenvalue weighted by molar-refractivity contribution is 0.0971. The lowest BCUT2D eigenvalue weighted by atomic mass is 9.95. The highest BCUT2D eigenvalue weighted by Gasteiger charge is 2.25. The minimum Gasteiger partial charge on any atom is -0.492 e. The molecule has 8 heteroatoms. The number of hydrogen-bond donors (Lipinski definition) is 3. The van der Waals surface area contributed by atoms with Gasteiger partial charge in [0, 0.05) is 4.88 Å². The fourth-order valence-corrected chi connectivity index (χ4v) is 4.81. The van der Waals surface area contributed by atoms with E-state index in [1.807, 2.05) is 19.9 Å². The topological polar surface area (TPSA) is 93.4 Å². The first-order chi connectivity index (χ1) is 13.9. The second kappa shape index (κ2) is 9.37. The van der Waals surface area contributed by atoms with Crippen LogP contribution in [0.3, 0.4) is 0 Å². The van der Waals surface area contributed by atoms with E-state index in [-0.39, 0.29) is 11.0 Å². The van der Waals surface area contributed by atoms with Crippen LogP contribution < -0.4 is 21.1 Å². The van der Waals surface area contributed by atoms with Crippen LogP contribution in [0, 0.1) is 5.92 Å². The van der Waals surface area contributed by atoms with Crippen LogP contribution in [0.4, 0.5) is 5.00 Å². The van der Waals surface area contributed by atoms with E-state index in [1.54, 1.807) is 18.2 Å². The number of carbonyl (C=O) groups is 2. The van der Waals surface area contributed by atoms with Gasteiger partial charge in [0.2, 0.25) is 0 Å². The number of benzene rings is 1. The van der Waals surface area contributed by atoms with E-state index >= 15 is 0 Å². The molecule has 2 amide bonds. The molecule has 2 aromatic rings. The number of ether oxygens (including phenoxy) is 1. The first kappa shape index (κ1) is 21.3. The molecule has 0 aliphatic heterocycles. The molecule has 0 bridgehead atoms. The number of thiocarbonyl (C=S) groups is 1. The van der Waals surface area contributed by atoms with Gasteiger partial charge in [-0.05, 0) is 61.5 Å². The summed E-state index contributed by atoms with van der Waals surface area (Å²) in [6.45, 7) is 4.59. The van der Waals surface area contributed by atoms with E-state index in [2.05, 4.69) is 10.6 Å². The Bertz CT molecular complexity index is 937. The van der Waals surface area contributed by atoms with Crippen molar-refractivity contribution in [2.24, 2.45) is 11.7 Å². The number of anilines is 1. The van der Waals surface area contributed by atoms with E-state index in [4.69, 9.17) is 22.7 Å². The largest absolute Gasteiger partial charge is 0.492 e. The highest BCUT2D eigenvalue weighted by molar-refractivity contribution is 7.80. The Kier molecular flexibility index (Phi) is 6.87. The Hall–Kier alpha value is -2.45. The Morgan fingerprint density at radius 2 is 1.97 bits per heavy atom. The maximum Gasteiger partial charge on any atom is 0.261 e. The Balaban J connectivity index is 1.73. The molecule has 1 aromatic heterocycles. The van der Waals surface area contributed by atoms with Crippen molar-refractivity contribution in [2.75, 3.05) is 11.9 Å². The van der Waals surface area contributed by atoms with Gasteiger partial charge in [-0.2, -0.15) is 0 Å². The number of amides is 2. The van der Waals surface area contributed by atoms with Crippen molar-refractivity contribution in [1.82, 2.24) is 5.32 Å². The van der Waals surface area contributed by atoms with Crippen molar-refractivity contribution in [1.29, 1.82) is 0 Å². The van der Waals surface area contributed by atoms with Gasteiger partial charge in [-0.1, -0.05) is 26.0 Å². The molecule has 154 valence electrons. The Labute approximate surface area is 179 Å². The minimum atomic E-state index is -0.478. The van der Waals surface area contributed by atoms with Crippen molar-refractivity contribution in [3.63, 3.8) is 0 Å². The molecule has 1 aliphatic rings. The van der Waals surface area contributed by atoms with Crippen molar-refractivity contribution < 1.29 is 14.3 Å². The molecule has 1 aliphatic carbocycles. The first-order valence-corrected chi connectivity index (χ1v) is 10.9. The molecule has 0 saturated carbocycles. The third-order valence-electron chi connectivity index (χ3n) is 4.58. The Morgan fingerprint density at radius 1 is 1.24 bits per heavy atom. The number of fused-ring (bicyclic) bond motifs is 1. The molecule has 0 spiro atoms. The maximum atomic E-state index is 12.7. The molecule has 1 heterocycles. The molecule has 1 aromatic carbocycles. The van der Waals surface area contributed by atoms with Gasteiger partial charge >= 0.3 is 0 Å². The van der Waals surface area contributed by atoms with Crippen molar-refractivity contribution in [2.45, 2.75) is 39.5 Å². The molecule has 0 fully saturated rings. The van der Waals surface area contributed by atoms with Crippen molar-refractivity contribution in [3.8, 4) is 5.75 Å². The molecular weight excluding hydrogens is 406 g/mol. The van der Waals surface area contributed by atoms with Crippen LogP contribution in [-0.2, 0) is 12.8 Å². The van der Waals surface area contributed by atoms with Gasteiger partial charge in [0.15, 0.2) is 5.11 Å². The normalized spacial score (nSPS) is 12.9. The zero-order valence-electron chi connectivity index (χ0n) is 16.5.